The standard InChI is InChI=1S/C13H11ClFNO3/c14-11-6-9(3-4-12(11)15)19-8-13(17)16-7-10-2-1-5-18-10/h1-6H,7-8H2,(H,16,17). The molecule has 0 aliphatic carbocycles. The Bertz CT molecular complexity index is 557. The van der Waals surface area contributed by atoms with Crippen molar-refractivity contribution in [2.24, 2.45) is 0 Å². The Balaban J connectivity index is 1.78. The number of carbonyl (C=O) groups excluding carboxylic acids is 1. The lowest BCUT2D eigenvalue weighted by Gasteiger charge is -2.07. The van der Waals surface area contributed by atoms with Crippen molar-refractivity contribution in [3.63, 3.8) is 0 Å². The van der Waals surface area contributed by atoms with E-state index in [1.165, 1.54) is 24.5 Å². The highest BCUT2D eigenvalue weighted by molar-refractivity contribution is 6.30. The topological polar surface area (TPSA) is 51.5 Å². The molecule has 1 heterocycles. The number of carbonyl (C=O) groups is 1. The highest BCUT2D eigenvalue weighted by Gasteiger charge is 2.06. The summed E-state index contributed by atoms with van der Waals surface area (Å²) in [5.41, 5.74) is 0. The van der Waals surface area contributed by atoms with Crippen LogP contribution in [0, 0.1) is 5.82 Å². The highest BCUT2D eigenvalue weighted by Crippen LogP contribution is 2.20. The second kappa shape index (κ2) is 6.24. The Morgan fingerprint density at radius 2 is 2.26 bits per heavy atom. The molecule has 2 rings (SSSR count). The third kappa shape index (κ3) is 3.99. The van der Waals surface area contributed by atoms with Crippen LogP contribution < -0.4 is 10.1 Å². The van der Waals surface area contributed by atoms with Gasteiger partial charge in [0.1, 0.15) is 17.3 Å². The first-order valence-electron chi connectivity index (χ1n) is 5.52. The zero-order valence-corrected chi connectivity index (χ0v) is 10.6. The molecule has 1 aromatic heterocycles. The first-order valence-corrected chi connectivity index (χ1v) is 5.90. The average Bonchev–Trinajstić information content (AvgIpc) is 2.91. The van der Waals surface area contributed by atoms with Gasteiger partial charge in [-0.05, 0) is 24.3 Å². The number of ether oxygens (including phenoxy) is 1. The van der Waals surface area contributed by atoms with Gasteiger partial charge in [-0.2, -0.15) is 0 Å². The molecule has 19 heavy (non-hydrogen) atoms. The van der Waals surface area contributed by atoms with Crippen molar-refractivity contribution < 1.29 is 18.3 Å². The summed E-state index contributed by atoms with van der Waals surface area (Å²) in [6.45, 7) is 0.113. The van der Waals surface area contributed by atoms with Crippen molar-refractivity contribution in [1.82, 2.24) is 5.32 Å². The van der Waals surface area contributed by atoms with E-state index in [2.05, 4.69) is 5.32 Å². The number of amides is 1. The Kier molecular flexibility index (Phi) is 4.41. The van der Waals surface area contributed by atoms with Crippen LogP contribution in [0.4, 0.5) is 4.39 Å². The van der Waals surface area contributed by atoms with Crippen LogP contribution in [-0.4, -0.2) is 12.5 Å². The third-order valence-corrected chi connectivity index (χ3v) is 2.59. The van der Waals surface area contributed by atoms with Gasteiger partial charge in [-0.1, -0.05) is 11.6 Å². The molecule has 6 heteroatoms. The number of benzene rings is 1. The summed E-state index contributed by atoms with van der Waals surface area (Å²) < 4.78 is 23.1. The predicted octanol–water partition coefficient (Wildman–Crippen LogP) is 2.77. The number of rotatable bonds is 5. The predicted molar refractivity (Wildman–Crippen MR) is 67.5 cm³/mol. The number of hydrogen-bond acceptors (Lipinski definition) is 3. The van der Waals surface area contributed by atoms with Crippen LogP contribution in [0.1, 0.15) is 5.76 Å². The fourth-order valence-electron chi connectivity index (χ4n) is 1.37. The van der Waals surface area contributed by atoms with Crippen LogP contribution in [0.2, 0.25) is 5.02 Å². The zero-order chi connectivity index (χ0) is 13.7. The van der Waals surface area contributed by atoms with Crippen molar-refractivity contribution in [2.45, 2.75) is 6.54 Å². The van der Waals surface area contributed by atoms with E-state index in [9.17, 15) is 9.18 Å². The van der Waals surface area contributed by atoms with E-state index in [0.29, 0.717) is 18.1 Å². The van der Waals surface area contributed by atoms with E-state index in [0.717, 1.165) is 0 Å². The van der Waals surface area contributed by atoms with Crippen molar-refractivity contribution in [3.05, 3.63) is 53.2 Å². The number of nitrogens with one attached hydrogen (secondary N) is 1. The van der Waals surface area contributed by atoms with E-state index in [4.69, 9.17) is 20.8 Å². The maximum Gasteiger partial charge on any atom is 0.258 e. The summed E-state index contributed by atoms with van der Waals surface area (Å²) in [7, 11) is 0. The highest BCUT2D eigenvalue weighted by atomic mass is 35.5. The van der Waals surface area contributed by atoms with Crippen LogP contribution in [0.5, 0.6) is 5.75 Å². The van der Waals surface area contributed by atoms with Gasteiger partial charge in [0.25, 0.3) is 5.91 Å². The molecular weight excluding hydrogens is 273 g/mol. The number of hydrogen-bond donors (Lipinski definition) is 1. The summed E-state index contributed by atoms with van der Waals surface area (Å²) in [6, 6.07) is 7.38. The molecule has 1 aromatic carbocycles. The minimum absolute atomic E-state index is 0.0477. The molecule has 0 radical (unpaired) electrons. The first-order chi connectivity index (χ1) is 9.15. The van der Waals surface area contributed by atoms with E-state index >= 15 is 0 Å². The molecule has 0 aliphatic rings. The molecule has 1 N–H and O–H groups in total. The van der Waals surface area contributed by atoms with E-state index < -0.39 is 5.82 Å². The minimum Gasteiger partial charge on any atom is -0.484 e. The van der Waals surface area contributed by atoms with Gasteiger partial charge in [-0.3, -0.25) is 4.79 Å². The first kappa shape index (κ1) is 13.4. The van der Waals surface area contributed by atoms with Gasteiger partial charge in [0.2, 0.25) is 0 Å². The van der Waals surface area contributed by atoms with Gasteiger partial charge in [-0.15, -0.1) is 0 Å². The van der Waals surface area contributed by atoms with Gasteiger partial charge in [0, 0.05) is 6.07 Å². The van der Waals surface area contributed by atoms with E-state index in [1.807, 2.05) is 0 Å². The van der Waals surface area contributed by atoms with Crippen molar-refractivity contribution in [1.29, 1.82) is 0 Å². The minimum atomic E-state index is -0.531. The molecule has 0 spiro atoms. The summed E-state index contributed by atoms with van der Waals surface area (Å²) in [6.07, 6.45) is 1.53. The van der Waals surface area contributed by atoms with Gasteiger partial charge in [-0.25, -0.2) is 4.39 Å². The lowest BCUT2D eigenvalue weighted by molar-refractivity contribution is -0.123. The average molecular weight is 284 g/mol. The van der Waals surface area contributed by atoms with Crippen LogP contribution >= 0.6 is 11.6 Å². The van der Waals surface area contributed by atoms with Crippen molar-refractivity contribution in [3.8, 4) is 5.75 Å². The molecule has 0 bridgehead atoms. The fourth-order valence-corrected chi connectivity index (χ4v) is 1.54. The van der Waals surface area contributed by atoms with Crippen molar-refractivity contribution >= 4 is 17.5 Å². The molecule has 0 atom stereocenters. The quantitative estimate of drug-likeness (QED) is 0.918. The van der Waals surface area contributed by atoms with Crippen molar-refractivity contribution in [2.75, 3.05) is 6.61 Å². The Morgan fingerprint density at radius 3 is 2.95 bits per heavy atom. The molecule has 0 saturated heterocycles. The van der Waals surface area contributed by atoms with Crippen LogP contribution in [0.25, 0.3) is 0 Å². The third-order valence-electron chi connectivity index (χ3n) is 2.30. The maximum absolute atomic E-state index is 12.9. The summed E-state index contributed by atoms with van der Waals surface area (Å²) in [4.78, 5) is 11.5. The Labute approximate surface area is 114 Å². The second-order valence-corrected chi connectivity index (χ2v) is 4.13. The Morgan fingerprint density at radius 1 is 1.42 bits per heavy atom. The molecule has 0 aliphatic heterocycles. The molecule has 2 aromatic rings. The smallest absolute Gasteiger partial charge is 0.258 e. The molecule has 4 nitrogen and oxygen atoms in total. The lowest BCUT2D eigenvalue weighted by Crippen LogP contribution is -2.28. The molecule has 0 unspecified atom stereocenters. The zero-order valence-electron chi connectivity index (χ0n) is 9.86. The molecular formula is C13H11ClFNO3. The molecule has 0 fully saturated rings. The summed E-state index contributed by atoms with van der Waals surface area (Å²) in [5, 5.41) is 2.57. The summed E-state index contributed by atoms with van der Waals surface area (Å²) >= 11 is 5.59. The number of furan rings is 1. The molecule has 1 amide bonds. The second-order valence-electron chi connectivity index (χ2n) is 3.72. The fraction of sp³-hybridized carbons (Fsp3) is 0.154. The van der Waals surface area contributed by atoms with E-state index in [-0.39, 0.29) is 17.5 Å². The summed E-state index contributed by atoms with van der Waals surface area (Å²) in [5.74, 6) is 0.144. The largest absolute Gasteiger partial charge is 0.484 e. The monoisotopic (exact) mass is 283 g/mol. The van der Waals surface area contributed by atoms with Gasteiger partial charge >= 0.3 is 0 Å². The van der Waals surface area contributed by atoms with Gasteiger partial charge in [0.05, 0.1) is 17.8 Å². The van der Waals surface area contributed by atoms with Gasteiger partial charge in [0.15, 0.2) is 6.61 Å². The van der Waals surface area contributed by atoms with Crippen LogP contribution in [0.3, 0.4) is 0 Å². The normalized spacial score (nSPS) is 10.2. The lowest BCUT2D eigenvalue weighted by atomic mass is 10.3. The molecule has 100 valence electrons. The van der Waals surface area contributed by atoms with Crippen LogP contribution in [-0.2, 0) is 11.3 Å². The SMILES string of the molecule is O=C(COc1ccc(F)c(Cl)c1)NCc1ccco1. The van der Waals surface area contributed by atoms with Gasteiger partial charge < -0.3 is 14.5 Å². The van der Waals surface area contributed by atoms with Crippen LogP contribution in [0.15, 0.2) is 41.0 Å². The number of halogens is 2. The maximum atomic E-state index is 12.9. The Hall–Kier alpha value is -2.01. The molecule has 0 saturated carbocycles. The van der Waals surface area contributed by atoms with E-state index in [1.54, 1.807) is 12.1 Å².